The fourth-order valence-corrected chi connectivity index (χ4v) is 2.50. The van der Waals surface area contributed by atoms with E-state index in [2.05, 4.69) is 0 Å². The van der Waals surface area contributed by atoms with Gasteiger partial charge in [-0.1, -0.05) is 13.8 Å². The Hall–Kier alpha value is -1.03. The molecule has 1 aliphatic carbocycles. The second-order valence-electron chi connectivity index (χ2n) is 4.70. The average Bonchev–Trinajstić information content (AvgIpc) is 2.99. The summed E-state index contributed by atoms with van der Waals surface area (Å²) < 4.78 is 5.24. The molecule has 0 aromatic carbocycles. The van der Waals surface area contributed by atoms with Gasteiger partial charge in [-0.15, -0.1) is 11.3 Å². The highest BCUT2D eigenvalue weighted by molar-refractivity contribution is 7.14. The van der Waals surface area contributed by atoms with Crippen molar-refractivity contribution in [3.05, 3.63) is 16.5 Å². The van der Waals surface area contributed by atoms with E-state index in [1.165, 1.54) is 24.2 Å². The first kappa shape index (κ1) is 11.5. The lowest BCUT2D eigenvalue weighted by Gasteiger charge is -2.08. The van der Waals surface area contributed by atoms with Gasteiger partial charge in [0.05, 0.1) is 12.2 Å². The first-order chi connectivity index (χ1) is 7.59. The van der Waals surface area contributed by atoms with E-state index >= 15 is 0 Å². The zero-order valence-corrected chi connectivity index (χ0v) is 10.5. The maximum absolute atomic E-state index is 11.9. The summed E-state index contributed by atoms with van der Waals surface area (Å²) in [5.41, 5.74) is 7.54. The Kier molecular flexibility index (Phi) is 3.19. The van der Waals surface area contributed by atoms with Crippen molar-refractivity contribution in [1.29, 1.82) is 0 Å². The van der Waals surface area contributed by atoms with Gasteiger partial charge in [0, 0.05) is 0 Å². The molecule has 1 aliphatic rings. The minimum Gasteiger partial charge on any atom is -0.462 e. The lowest BCUT2D eigenvalue weighted by molar-refractivity contribution is 0.0459. The van der Waals surface area contributed by atoms with Gasteiger partial charge in [-0.2, -0.15) is 0 Å². The smallest absolute Gasteiger partial charge is 0.341 e. The molecule has 0 radical (unpaired) electrons. The van der Waals surface area contributed by atoms with Gasteiger partial charge in [-0.25, -0.2) is 4.79 Å². The quantitative estimate of drug-likeness (QED) is 0.822. The molecule has 1 heterocycles. The maximum Gasteiger partial charge on any atom is 0.341 e. The van der Waals surface area contributed by atoms with Crippen LogP contribution in [0.15, 0.2) is 5.38 Å². The van der Waals surface area contributed by atoms with Crippen molar-refractivity contribution >= 4 is 22.3 Å². The number of anilines is 1. The zero-order chi connectivity index (χ0) is 11.7. The number of esters is 1. The van der Waals surface area contributed by atoms with Crippen LogP contribution in [0, 0.1) is 5.92 Å². The highest BCUT2D eigenvalue weighted by atomic mass is 32.1. The van der Waals surface area contributed by atoms with Crippen molar-refractivity contribution in [3.8, 4) is 0 Å². The number of thiophene rings is 1. The van der Waals surface area contributed by atoms with Crippen LogP contribution in [0.25, 0.3) is 0 Å². The predicted molar refractivity (Wildman–Crippen MR) is 65.8 cm³/mol. The van der Waals surface area contributed by atoms with E-state index in [1.807, 2.05) is 19.2 Å². The maximum atomic E-state index is 11.9. The van der Waals surface area contributed by atoms with Crippen molar-refractivity contribution in [2.45, 2.75) is 32.6 Å². The summed E-state index contributed by atoms with van der Waals surface area (Å²) >= 11 is 1.44. The second-order valence-corrected chi connectivity index (χ2v) is 5.61. The Morgan fingerprint density at radius 3 is 2.88 bits per heavy atom. The van der Waals surface area contributed by atoms with Crippen molar-refractivity contribution < 1.29 is 9.53 Å². The SMILES string of the molecule is CC(C)COC(=O)c1c(C2CC2)csc1N. The first-order valence-corrected chi connectivity index (χ1v) is 6.51. The van der Waals surface area contributed by atoms with Gasteiger partial charge in [0.2, 0.25) is 0 Å². The van der Waals surface area contributed by atoms with E-state index in [0.29, 0.717) is 29.0 Å². The molecule has 88 valence electrons. The standard InChI is InChI=1S/C12H17NO2S/c1-7(2)5-15-12(14)10-9(8-3-4-8)6-16-11(10)13/h6-8H,3-5,13H2,1-2H3. The molecule has 0 unspecified atom stereocenters. The number of hydrogen-bond donors (Lipinski definition) is 1. The molecule has 0 atom stereocenters. The molecule has 0 bridgehead atoms. The summed E-state index contributed by atoms with van der Waals surface area (Å²) in [5.74, 6) is 0.637. The molecular formula is C12H17NO2S. The summed E-state index contributed by atoms with van der Waals surface area (Å²) in [6, 6.07) is 0. The first-order valence-electron chi connectivity index (χ1n) is 5.63. The van der Waals surface area contributed by atoms with Crippen LogP contribution in [0.5, 0.6) is 0 Å². The van der Waals surface area contributed by atoms with Crippen LogP contribution in [-0.2, 0) is 4.74 Å². The number of hydrogen-bond acceptors (Lipinski definition) is 4. The van der Waals surface area contributed by atoms with Crippen LogP contribution in [0.4, 0.5) is 5.00 Å². The molecule has 16 heavy (non-hydrogen) atoms. The van der Waals surface area contributed by atoms with E-state index in [-0.39, 0.29) is 5.97 Å². The third-order valence-electron chi connectivity index (χ3n) is 2.62. The molecule has 3 nitrogen and oxygen atoms in total. The van der Waals surface area contributed by atoms with Crippen LogP contribution in [0.2, 0.25) is 0 Å². The molecule has 1 aromatic rings. The molecule has 0 amide bonds. The van der Waals surface area contributed by atoms with Gasteiger partial charge in [0.15, 0.2) is 0 Å². The van der Waals surface area contributed by atoms with Gasteiger partial charge < -0.3 is 10.5 Å². The van der Waals surface area contributed by atoms with E-state index in [4.69, 9.17) is 10.5 Å². The van der Waals surface area contributed by atoms with Gasteiger partial charge in [-0.05, 0) is 35.6 Å². The molecule has 0 saturated heterocycles. The minimum absolute atomic E-state index is 0.255. The summed E-state index contributed by atoms with van der Waals surface area (Å²) in [5, 5.41) is 2.59. The fraction of sp³-hybridized carbons (Fsp3) is 0.583. The minimum atomic E-state index is -0.255. The zero-order valence-electron chi connectivity index (χ0n) is 9.66. The topological polar surface area (TPSA) is 52.3 Å². The number of carbonyl (C=O) groups excluding carboxylic acids is 1. The largest absolute Gasteiger partial charge is 0.462 e. The van der Waals surface area contributed by atoms with Gasteiger partial charge in [0.25, 0.3) is 0 Å². The number of rotatable bonds is 4. The highest BCUT2D eigenvalue weighted by Crippen LogP contribution is 2.45. The molecule has 1 fully saturated rings. The van der Waals surface area contributed by atoms with Crippen LogP contribution < -0.4 is 5.73 Å². The molecule has 4 heteroatoms. The Balaban J connectivity index is 2.12. The lowest BCUT2D eigenvalue weighted by Crippen LogP contribution is -2.12. The molecule has 0 spiro atoms. The third-order valence-corrected chi connectivity index (χ3v) is 3.45. The number of nitrogen functional groups attached to an aromatic ring is 1. The Morgan fingerprint density at radius 1 is 1.62 bits per heavy atom. The van der Waals surface area contributed by atoms with Crippen molar-refractivity contribution in [2.75, 3.05) is 12.3 Å². The molecule has 2 rings (SSSR count). The molecule has 2 N–H and O–H groups in total. The summed E-state index contributed by atoms with van der Waals surface area (Å²) in [6.07, 6.45) is 2.33. The molecule has 1 saturated carbocycles. The summed E-state index contributed by atoms with van der Waals surface area (Å²) in [6.45, 7) is 4.50. The normalized spacial score (nSPS) is 15.4. The fourth-order valence-electron chi connectivity index (χ4n) is 1.61. The van der Waals surface area contributed by atoms with E-state index in [0.717, 1.165) is 5.56 Å². The van der Waals surface area contributed by atoms with Crippen molar-refractivity contribution in [1.82, 2.24) is 0 Å². The van der Waals surface area contributed by atoms with E-state index < -0.39 is 0 Å². The van der Waals surface area contributed by atoms with Crippen molar-refractivity contribution in [2.24, 2.45) is 5.92 Å². The highest BCUT2D eigenvalue weighted by Gasteiger charge is 2.31. The van der Waals surface area contributed by atoms with Crippen LogP contribution in [0.1, 0.15) is 48.5 Å². The van der Waals surface area contributed by atoms with Crippen LogP contribution in [0.3, 0.4) is 0 Å². The third kappa shape index (κ3) is 2.38. The number of ether oxygens (including phenoxy) is 1. The van der Waals surface area contributed by atoms with Gasteiger partial charge >= 0.3 is 5.97 Å². The number of carbonyl (C=O) groups is 1. The van der Waals surface area contributed by atoms with E-state index in [1.54, 1.807) is 0 Å². The second kappa shape index (κ2) is 4.45. The Morgan fingerprint density at radius 2 is 2.31 bits per heavy atom. The predicted octanol–water partition coefficient (Wildman–Crippen LogP) is 3.02. The van der Waals surface area contributed by atoms with Gasteiger partial charge in [0.1, 0.15) is 5.00 Å². The van der Waals surface area contributed by atoms with Crippen LogP contribution >= 0.6 is 11.3 Å². The molecular weight excluding hydrogens is 222 g/mol. The van der Waals surface area contributed by atoms with E-state index in [9.17, 15) is 4.79 Å². The van der Waals surface area contributed by atoms with Crippen molar-refractivity contribution in [3.63, 3.8) is 0 Å². The number of nitrogens with two attached hydrogens (primary N) is 1. The average molecular weight is 239 g/mol. The summed E-state index contributed by atoms with van der Waals surface area (Å²) in [7, 11) is 0. The van der Waals surface area contributed by atoms with Crippen LogP contribution in [-0.4, -0.2) is 12.6 Å². The Labute approximate surface area is 99.6 Å². The lowest BCUT2D eigenvalue weighted by atomic mass is 10.1. The van der Waals surface area contributed by atoms with Gasteiger partial charge in [-0.3, -0.25) is 0 Å². The summed E-state index contributed by atoms with van der Waals surface area (Å²) in [4.78, 5) is 11.9. The molecule has 0 aliphatic heterocycles. The Bertz CT molecular complexity index is 394. The molecule has 1 aromatic heterocycles. The monoisotopic (exact) mass is 239 g/mol.